The summed E-state index contributed by atoms with van der Waals surface area (Å²) in [7, 11) is -2.76. The summed E-state index contributed by atoms with van der Waals surface area (Å²) in [6.45, 7) is 2.13. The molecule has 1 heterocycles. The Kier molecular flexibility index (Phi) is 3.39. The van der Waals surface area contributed by atoms with Gasteiger partial charge in [0.15, 0.2) is 9.84 Å². The van der Waals surface area contributed by atoms with E-state index < -0.39 is 9.84 Å². The molecule has 0 amide bonds. The van der Waals surface area contributed by atoms with Gasteiger partial charge < -0.3 is 5.32 Å². The topological polar surface area (TPSA) is 46.2 Å². The Labute approximate surface area is 115 Å². The summed E-state index contributed by atoms with van der Waals surface area (Å²) in [5, 5.41) is 3.51. The van der Waals surface area contributed by atoms with Crippen LogP contribution in [-0.2, 0) is 9.84 Å². The van der Waals surface area contributed by atoms with E-state index in [2.05, 4.69) is 36.5 Å². The number of hydrogen-bond acceptors (Lipinski definition) is 3. The van der Waals surface area contributed by atoms with E-state index in [1.165, 1.54) is 11.1 Å². The summed E-state index contributed by atoms with van der Waals surface area (Å²) >= 11 is 0. The maximum atomic E-state index is 11.4. The van der Waals surface area contributed by atoms with Crippen LogP contribution in [0.3, 0.4) is 0 Å². The standard InChI is InChI=1S/C15H21NO2S/c1-11-3-2-4-12(7-11)13-8-15(9-13)16-14-5-6-19(17,18)10-14/h2-4,7,13-16H,5-6,8-10H2,1H3. The zero-order valence-corrected chi connectivity index (χ0v) is 12.1. The molecule has 1 unspecified atom stereocenters. The van der Waals surface area contributed by atoms with Crippen LogP contribution in [0.4, 0.5) is 0 Å². The summed E-state index contributed by atoms with van der Waals surface area (Å²) in [5.41, 5.74) is 2.74. The second kappa shape index (κ2) is 4.91. The number of hydrogen-bond donors (Lipinski definition) is 1. The first kappa shape index (κ1) is 13.1. The molecule has 1 saturated heterocycles. The lowest BCUT2D eigenvalue weighted by atomic mass is 9.75. The molecule has 3 rings (SSSR count). The lowest BCUT2D eigenvalue weighted by Gasteiger charge is -2.38. The summed E-state index contributed by atoms with van der Waals surface area (Å²) < 4.78 is 22.8. The molecule has 4 heteroatoms. The second-order valence-electron chi connectivity index (χ2n) is 6.05. The number of aryl methyl sites for hydroxylation is 1. The van der Waals surface area contributed by atoms with E-state index in [0.29, 0.717) is 23.5 Å². The van der Waals surface area contributed by atoms with Crippen LogP contribution in [0.2, 0.25) is 0 Å². The van der Waals surface area contributed by atoms with Crippen LogP contribution in [0.1, 0.15) is 36.3 Å². The van der Waals surface area contributed by atoms with Crippen LogP contribution < -0.4 is 5.32 Å². The van der Waals surface area contributed by atoms with E-state index >= 15 is 0 Å². The highest BCUT2D eigenvalue weighted by atomic mass is 32.2. The Morgan fingerprint density at radius 3 is 2.63 bits per heavy atom. The minimum Gasteiger partial charge on any atom is -0.310 e. The van der Waals surface area contributed by atoms with Gasteiger partial charge in [-0.2, -0.15) is 0 Å². The average molecular weight is 279 g/mol. The molecule has 1 atom stereocenters. The molecule has 104 valence electrons. The van der Waals surface area contributed by atoms with E-state index in [-0.39, 0.29) is 6.04 Å². The van der Waals surface area contributed by atoms with Crippen molar-refractivity contribution < 1.29 is 8.42 Å². The highest BCUT2D eigenvalue weighted by Gasteiger charge is 2.35. The maximum absolute atomic E-state index is 11.4. The quantitative estimate of drug-likeness (QED) is 0.920. The Morgan fingerprint density at radius 2 is 2.00 bits per heavy atom. The lowest BCUT2D eigenvalue weighted by Crippen LogP contribution is -2.46. The van der Waals surface area contributed by atoms with Crippen molar-refractivity contribution in [3.05, 3.63) is 35.4 Å². The summed E-state index contributed by atoms with van der Waals surface area (Å²) in [5.74, 6) is 1.34. The van der Waals surface area contributed by atoms with Gasteiger partial charge in [-0.15, -0.1) is 0 Å². The van der Waals surface area contributed by atoms with Gasteiger partial charge in [0.2, 0.25) is 0 Å². The van der Waals surface area contributed by atoms with Crippen molar-refractivity contribution in [3.8, 4) is 0 Å². The summed E-state index contributed by atoms with van der Waals surface area (Å²) in [4.78, 5) is 0. The van der Waals surface area contributed by atoms with E-state index in [4.69, 9.17) is 0 Å². The van der Waals surface area contributed by atoms with Crippen LogP contribution in [0.15, 0.2) is 24.3 Å². The lowest BCUT2D eigenvalue weighted by molar-refractivity contribution is 0.271. The molecular weight excluding hydrogens is 258 g/mol. The van der Waals surface area contributed by atoms with E-state index in [9.17, 15) is 8.42 Å². The first-order chi connectivity index (χ1) is 9.02. The van der Waals surface area contributed by atoms with E-state index in [0.717, 1.165) is 19.3 Å². The second-order valence-corrected chi connectivity index (χ2v) is 8.27. The minimum atomic E-state index is -2.76. The first-order valence-corrected chi connectivity index (χ1v) is 8.87. The predicted molar refractivity (Wildman–Crippen MR) is 77.1 cm³/mol. The fourth-order valence-electron chi connectivity index (χ4n) is 3.21. The van der Waals surface area contributed by atoms with E-state index in [1.807, 2.05) is 0 Å². The number of nitrogens with one attached hydrogen (secondary N) is 1. The third-order valence-corrected chi connectivity index (χ3v) is 6.12. The molecule has 1 N–H and O–H groups in total. The molecule has 2 fully saturated rings. The Balaban J connectivity index is 1.51. The van der Waals surface area contributed by atoms with E-state index in [1.54, 1.807) is 0 Å². The van der Waals surface area contributed by atoms with Crippen molar-refractivity contribution in [3.63, 3.8) is 0 Å². The van der Waals surface area contributed by atoms with Crippen molar-refractivity contribution in [1.82, 2.24) is 5.32 Å². The van der Waals surface area contributed by atoms with Crippen molar-refractivity contribution in [2.75, 3.05) is 11.5 Å². The molecule has 2 aliphatic rings. The molecule has 1 aliphatic heterocycles. The largest absolute Gasteiger partial charge is 0.310 e. The molecule has 0 radical (unpaired) electrons. The molecule has 0 bridgehead atoms. The van der Waals surface area contributed by atoms with Gasteiger partial charge in [-0.05, 0) is 37.7 Å². The van der Waals surface area contributed by atoms with Crippen LogP contribution in [-0.4, -0.2) is 32.0 Å². The van der Waals surface area contributed by atoms with Crippen molar-refractivity contribution in [1.29, 1.82) is 0 Å². The van der Waals surface area contributed by atoms with Crippen molar-refractivity contribution in [2.24, 2.45) is 0 Å². The Morgan fingerprint density at radius 1 is 1.21 bits per heavy atom. The van der Waals surface area contributed by atoms with Crippen LogP contribution in [0.25, 0.3) is 0 Å². The molecular formula is C15H21NO2S. The van der Waals surface area contributed by atoms with Gasteiger partial charge in [0.25, 0.3) is 0 Å². The Bertz CT molecular complexity index is 561. The fraction of sp³-hybridized carbons (Fsp3) is 0.600. The predicted octanol–water partition coefficient (Wildman–Crippen LogP) is 2.02. The monoisotopic (exact) mass is 279 g/mol. The van der Waals surface area contributed by atoms with Crippen molar-refractivity contribution in [2.45, 2.75) is 44.2 Å². The van der Waals surface area contributed by atoms with Crippen molar-refractivity contribution >= 4 is 9.84 Å². The van der Waals surface area contributed by atoms with Gasteiger partial charge in [-0.25, -0.2) is 8.42 Å². The third kappa shape index (κ3) is 3.00. The molecule has 0 spiro atoms. The Hall–Kier alpha value is -0.870. The fourth-order valence-corrected chi connectivity index (χ4v) is 4.90. The van der Waals surface area contributed by atoms with Crippen LogP contribution in [0.5, 0.6) is 0 Å². The number of sulfone groups is 1. The SMILES string of the molecule is Cc1cccc(C2CC(NC3CCS(=O)(=O)C3)C2)c1. The van der Waals surface area contributed by atoms with Gasteiger partial charge >= 0.3 is 0 Å². The summed E-state index contributed by atoms with van der Waals surface area (Å²) in [6.07, 6.45) is 3.06. The smallest absolute Gasteiger partial charge is 0.151 e. The van der Waals surface area contributed by atoms with Gasteiger partial charge in [-0.3, -0.25) is 0 Å². The molecule has 1 aromatic carbocycles. The summed E-state index contributed by atoms with van der Waals surface area (Å²) in [6, 6.07) is 9.41. The highest BCUT2D eigenvalue weighted by Crippen LogP contribution is 2.37. The van der Waals surface area contributed by atoms with Gasteiger partial charge in [-0.1, -0.05) is 29.8 Å². The third-order valence-electron chi connectivity index (χ3n) is 4.36. The maximum Gasteiger partial charge on any atom is 0.151 e. The zero-order valence-electron chi connectivity index (χ0n) is 11.3. The zero-order chi connectivity index (χ0) is 13.5. The molecule has 3 nitrogen and oxygen atoms in total. The highest BCUT2D eigenvalue weighted by molar-refractivity contribution is 7.91. The minimum absolute atomic E-state index is 0.188. The van der Waals surface area contributed by atoms with Crippen LogP contribution >= 0.6 is 0 Å². The normalized spacial score (nSPS) is 33.0. The first-order valence-electron chi connectivity index (χ1n) is 7.05. The molecule has 1 saturated carbocycles. The molecule has 1 aromatic rings. The molecule has 0 aromatic heterocycles. The average Bonchev–Trinajstić information content (AvgIpc) is 2.63. The number of benzene rings is 1. The van der Waals surface area contributed by atoms with Gasteiger partial charge in [0.05, 0.1) is 11.5 Å². The molecule has 1 aliphatic carbocycles. The molecule has 19 heavy (non-hydrogen) atoms. The van der Waals surface area contributed by atoms with Gasteiger partial charge in [0, 0.05) is 12.1 Å². The van der Waals surface area contributed by atoms with Gasteiger partial charge in [0.1, 0.15) is 0 Å². The number of rotatable bonds is 3. The van der Waals surface area contributed by atoms with Crippen LogP contribution in [0, 0.1) is 6.92 Å².